The van der Waals surface area contributed by atoms with Crippen molar-refractivity contribution in [2.45, 2.75) is 6.54 Å². The van der Waals surface area contributed by atoms with Crippen LogP contribution in [0.25, 0.3) is 0 Å². The standard InChI is InChI=1S/C14H10N2O/c17-16-11-14-8-13(9-15-10-14)7-6-12-4-2-1-3-5-12/h1-5,8-10H,11H2. The number of hydrogen-bond acceptors (Lipinski definition) is 3. The fourth-order valence-corrected chi connectivity index (χ4v) is 1.38. The molecule has 0 aliphatic heterocycles. The third-order valence-electron chi connectivity index (χ3n) is 2.17. The van der Waals surface area contributed by atoms with Crippen LogP contribution >= 0.6 is 0 Å². The summed E-state index contributed by atoms with van der Waals surface area (Å²) in [6.45, 7) is 0.133. The summed E-state index contributed by atoms with van der Waals surface area (Å²) in [4.78, 5) is 14.2. The minimum atomic E-state index is 0.133. The third kappa shape index (κ3) is 3.25. The first kappa shape index (κ1) is 11.0. The Balaban J connectivity index is 2.22. The average Bonchev–Trinajstić information content (AvgIpc) is 2.39. The molecule has 0 fully saturated rings. The van der Waals surface area contributed by atoms with Gasteiger partial charge in [-0.05, 0) is 23.8 Å². The molecule has 0 aliphatic rings. The second-order valence-corrected chi connectivity index (χ2v) is 3.49. The van der Waals surface area contributed by atoms with Crippen LogP contribution in [0.5, 0.6) is 0 Å². The summed E-state index contributed by atoms with van der Waals surface area (Å²) in [7, 11) is 0. The molecule has 0 saturated heterocycles. The Morgan fingerprint density at radius 1 is 1.06 bits per heavy atom. The van der Waals surface area contributed by atoms with Gasteiger partial charge < -0.3 is 0 Å². The molecule has 1 aromatic carbocycles. The fraction of sp³-hybridized carbons (Fsp3) is 0.0714. The van der Waals surface area contributed by atoms with Crippen molar-refractivity contribution in [3.8, 4) is 11.8 Å². The first-order valence-electron chi connectivity index (χ1n) is 5.18. The molecule has 2 aromatic rings. The molecule has 0 atom stereocenters. The van der Waals surface area contributed by atoms with E-state index in [2.05, 4.69) is 22.0 Å². The SMILES string of the molecule is O=NCc1cncc(C#Cc2ccccc2)c1. The monoisotopic (exact) mass is 222 g/mol. The van der Waals surface area contributed by atoms with E-state index < -0.39 is 0 Å². The molecule has 0 radical (unpaired) electrons. The second-order valence-electron chi connectivity index (χ2n) is 3.49. The van der Waals surface area contributed by atoms with Crippen LogP contribution in [-0.4, -0.2) is 4.98 Å². The number of nitroso groups, excluding NO2 is 1. The zero-order valence-corrected chi connectivity index (χ0v) is 9.13. The van der Waals surface area contributed by atoms with Crippen molar-refractivity contribution in [1.82, 2.24) is 4.98 Å². The van der Waals surface area contributed by atoms with Crippen LogP contribution in [0.3, 0.4) is 0 Å². The summed E-state index contributed by atoms with van der Waals surface area (Å²) in [5.74, 6) is 6.04. The van der Waals surface area contributed by atoms with Crippen LogP contribution in [-0.2, 0) is 6.54 Å². The highest BCUT2D eigenvalue weighted by molar-refractivity contribution is 5.42. The molecule has 1 heterocycles. The van der Waals surface area contributed by atoms with E-state index in [1.807, 2.05) is 36.4 Å². The van der Waals surface area contributed by atoms with Crippen LogP contribution in [0.2, 0.25) is 0 Å². The second kappa shape index (κ2) is 5.57. The summed E-state index contributed by atoms with van der Waals surface area (Å²) < 4.78 is 0. The quantitative estimate of drug-likeness (QED) is 0.579. The number of nitrogens with zero attached hydrogens (tertiary/aromatic N) is 2. The molecule has 3 nitrogen and oxygen atoms in total. The van der Waals surface area contributed by atoms with Crippen molar-refractivity contribution in [2.24, 2.45) is 5.18 Å². The lowest BCUT2D eigenvalue weighted by Crippen LogP contribution is -1.85. The Morgan fingerprint density at radius 3 is 2.59 bits per heavy atom. The van der Waals surface area contributed by atoms with E-state index in [1.54, 1.807) is 12.4 Å². The lowest BCUT2D eigenvalue weighted by atomic mass is 10.2. The van der Waals surface area contributed by atoms with Gasteiger partial charge in [0.25, 0.3) is 0 Å². The number of pyridine rings is 1. The van der Waals surface area contributed by atoms with Gasteiger partial charge in [-0.15, -0.1) is 0 Å². The summed E-state index contributed by atoms with van der Waals surface area (Å²) in [6.07, 6.45) is 3.29. The molecular weight excluding hydrogens is 212 g/mol. The average molecular weight is 222 g/mol. The highest BCUT2D eigenvalue weighted by Crippen LogP contribution is 2.03. The number of benzene rings is 1. The molecule has 0 aliphatic carbocycles. The highest BCUT2D eigenvalue weighted by atomic mass is 16.3. The lowest BCUT2D eigenvalue weighted by Gasteiger charge is -1.94. The molecule has 0 amide bonds. The van der Waals surface area contributed by atoms with Crippen LogP contribution < -0.4 is 0 Å². The first-order chi connectivity index (χ1) is 8.38. The molecule has 1 aromatic heterocycles. The Hall–Kier alpha value is -2.47. The third-order valence-corrected chi connectivity index (χ3v) is 2.17. The minimum Gasteiger partial charge on any atom is -0.263 e. The lowest BCUT2D eigenvalue weighted by molar-refractivity contribution is 1.03. The van der Waals surface area contributed by atoms with Gasteiger partial charge in [-0.2, -0.15) is 4.91 Å². The number of hydrogen-bond donors (Lipinski definition) is 0. The molecule has 17 heavy (non-hydrogen) atoms. The zero-order valence-electron chi connectivity index (χ0n) is 9.13. The molecule has 82 valence electrons. The summed E-state index contributed by atoms with van der Waals surface area (Å²) in [5, 5.41) is 2.83. The molecule has 0 N–H and O–H groups in total. The molecule has 2 rings (SSSR count). The highest BCUT2D eigenvalue weighted by Gasteiger charge is 1.94. The van der Waals surface area contributed by atoms with E-state index in [4.69, 9.17) is 0 Å². The molecule has 0 saturated carbocycles. The van der Waals surface area contributed by atoms with Crippen molar-refractivity contribution in [1.29, 1.82) is 0 Å². The fourth-order valence-electron chi connectivity index (χ4n) is 1.38. The van der Waals surface area contributed by atoms with Crippen molar-refractivity contribution in [3.05, 3.63) is 70.4 Å². The van der Waals surface area contributed by atoms with Gasteiger partial charge in [-0.1, -0.05) is 35.2 Å². The summed E-state index contributed by atoms with van der Waals surface area (Å²) in [6, 6.07) is 11.5. The van der Waals surface area contributed by atoms with Crippen LogP contribution in [0, 0.1) is 16.7 Å². The van der Waals surface area contributed by atoms with E-state index in [0.717, 1.165) is 16.7 Å². The predicted molar refractivity (Wildman–Crippen MR) is 66.2 cm³/mol. The number of rotatable bonds is 2. The maximum Gasteiger partial charge on any atom is 0.108 e. The van der Waals surface area contributed by atoms with E-state index in [0.29, 0.717) is 0 Å². The molecular formula is C14H10N2O. The molecule has 0 unspecified atom stereocenters. The van der Waals surface area contributed by atoms with Crippen LogP contribution in [0.4, 0.5) is 0 Å². The van der Waals surface area contributed by atoms with Gasteiger partial charge >= 0.3 is 0 Å². The van der Waals surface area contributed by atoms with Crippen molar-refractivity contribution >= 4 is 0 Å². The van der Waals surface area contributed by atoms with E-state index in [9.17, 15) is 4.91 Å². The summed E-state index contributed by atoms with van der Waals surface area (Å²) in [5.41, 5.74) is 2.52. The topological polar surface area (TPSA) is 42.3 Å². The van der Waals surface area contributed by atoms with Gasteiger partial charge in [0.1, 0.15) is 6.54 Å². The molecule has 3 heteroatoms. The Kier molecular flexibility index (Phi) is 3.61. The van der Waals surface area contributed by atoms with Crippen molar-refractivity contribution in [2.75, 3.05) is 0 Å². The van der Waals surface area contributed by atoms with Gasteiger partial charge in [0.05, 0.1) is 0 Å². The van der Waals surface area contributed by atoms with Crippen LogP contribution in [0.15, 0.2) is 54.0 Å². The number of aromatic nitrogens is 1. The van der Waals surface area contributed by atoms with Gasteiger partial charge in [-0.3, -0.25) is 4.98 Å². The van der Waals surface area contributed by atoms with Gasteiger partial charge in [0, 0.05) is 23.5 Å². The normalized spacial score (nSPS) is 9.18. The first-order valence-corrected chi connectivity index (χ1v) is 5.18. The molecule has 0 bridgehead atoms. The maximum atomic E-state index is 10.2. The Morgan fingerprint density at radius 2 is 1.82 bits per heavy atom. The predicted octanol–water partition coefficient (Wildman–Crippen LogP) is 2.75. The van der Waals surface area contributed by atoms with E-state index >= 15 is 0 Å². The molecule has 0 spiro atoms. The minimum absolute atomic E-state index is 0.133. The van der Waals surface area contributed by atoms with Crippen molar-refractivity contribution < 1.29 is 0 Å². The van der Waals surface area contributed by atoms with Gasteiger partial charge in [0.2, 0.25) is 0 Å². The Labute approximate surface area is 99.5 Å². The van der Waals surface area contributed by atoms with Crippen molar-refractivity contribution in [3.63, 3.8) is 0 Å². The van der Waals surface area contributed by atoms with E-state index in [-0.39, 0.29) is 6.54 Å². The largest absolute Gasteiger partial charge is 0.263 e. The summed E-state index contributed by atoms with van der Waals surface area (Å²) >= 11 is 0. The van der Waals surface area contributed by atoms with Gasteiger partial charge in [-0.25, -0.2) is 0 Å². The van der Waals surface area contributed by atoms with Gasteiger partial charge in [0.15, 0.2) is 0 Å². The Bertz CT molecular complexity index is 568. The zero-order chi connectivity index (χ0) is 11.9. The van der Waals surface area contributed by atoms with E-state index in [1.165, 1.54) is 0 Å². The maximum absolute atomic E-state index is 10.2. The van der Waals surface area contributed by atoms with Crippen LogP contribution in [0.1, 0.15) is 16.7 Å². The smallest absolute Gasteiger partial charge is 0.108 e.